The zero-order valence-electron chi connectivity index (χ0n) is 25.9. The maximum absolute atomic E-state index is 13.4. The van der Waals surface area contributed by atoms with Crippen LogP contribution in [0, 0.1) is 3.57 Å². The van der Waals surface area contributed by atoms with Crippen LogP contribution >= 0.6 is 22.6 Å². The van der Waals surface area contributed by atoms with Gasteiger partial charge < -0.3 is 29.9 Å². The molecular weight excluding hydrogens is 657 g/mol. The van der Waals surface area contributed by atoms with Gasteiger partial charge in [0.15, 0.2) is 0 Å². The number of ether oxygens (including phenoxy) is 2. The zero-order chi connectivity index (χ0) is 31.6. The number of allylic oxidation sites excluding steroid dienone is 4. The lowest BCUT2D eigenvalue weighted by Gasteiger charge is -2.27. The molecule has 3 rings (SSSR count). The second-order valence-corrected chi connectivity index (χ2v) is 12.4. The minimum absolute atomic E-state index is 0.237. The summed E-state index contributed by atoms with van der Waals surface area (Å²) >= 11 is 2.14. The third kappa shape index (κ3) is 10.6. The lowest BCUT2D eigenvalue weighted by atomic mass is 10.0. The number of anilines is 1. The number of nitrogens with one attached hydrogen (secondary N) is 2. The molecule has 0 spiro atoms. The number of halogens is 1. The monoisotopic (exact) mass is 699 g/mol. The highest BCUT2D eigenvalue weighted by Crippen LogP contribution is 2.28. The van der Waals surface area contributed by atoms with Crippen LogP contribution in [-0.2, 0) is 9.53 Å². The second-order valence-electron chi connectivity index (χ2n) is 11.2. The molecule has 0 bridgehead atoms. The van der Waals surface area contributed by atoms with E-state index in [1.54, 1.807) is 42.3 Å². The van der Waals surface area contributed by atoms with Gasteiger partial charge in [0.05, 0.1) is 24.5 Å². The molecule has 10 heteroatoms. The normalized spacial score (nSPS) is 13.7. The Kier molecular flexibility index (Phi) is 12.5. The molecule has 1 aliphatic heterocycles. The summed E-state index contributed by atoms with van der Waals surface area (Å²) in [6.07, 6.45) is 10.1. The largest absolute Gasteiger partial charge is 0.478 e. The Bertz CT molecular complexity index is 1390. The van der Waals surface area contributed by atoms with Crippen molar-refractivity contribution in [1.82, 2.24) is 20.1 Å². The molecule has 43 heavy (non-hydrogen) atoms. The third-order valence-electron chi connectivity index (χ3n) is 6.27. The molecule has 9 nitrogen and oxygen atoms in total. The number of carbonyl (C=O) groups excluding carboxylic acids is 2. The summed E-state index contributed by atoms with van der Waals surface area (Å²) in [7, 11) is 4.07. The molecular formula is C33H42IN5O4. The summed E-state index contributed by atoms with van der Waals surface area (Å²) in [4.78, 5) is 34.4. The molecule has 2 aromatic rings. The van der Waals surface area contributed by atoms with Crippen molar-refractivity contribution >= 4 is 45.7 Å². The molecule has 0 saturated heterocycles. The Hall–Kier alpha value is -3.48. The number of nitrogens with zero attached hydrogens (tertiary/aromatic N) is 3. The van der Waals surface area contributed by atoms with Gasteiger partial charge in [0, 0.05) is 51.9 Å². The van der Waals surface area contributed by atoms with Crippen molar-refractivity contribution in [3.8, 4) is 5.88 Å². The number of amides is 2. The van der Waals surface area contributed by atoms with E-state index in [4.69, 9.17) is 9.47 Å². The maximum Gasteiger partial charge on any atom is 0.272 e. The van der Waals surface area contributed by atoms with Crippen molar-refractivity contribution < 1.29 is 19.1 Å². The van der Waals surface area contributed by atoms with Gasteiger partial charge in [-0.25, -0.2) is 4.98 Å². The van der Waals surface area contributed by atoms with Crippen LogP contribution in [0.4, 0.5) is 5.69 Å². The van der Waals surface area contributed by atoms with Gasteiger partial charge in [-0.05, 0) is 113 Å². The SMILES string of the molecule is C=C1C=C(c2ccc(OCCCN(C)C)nc2)C=CN1/C(=C\C)C(=O)Nc1cc(C(=O)NCCOC(C)(C)C)ccc1I. The average Bonchev–Trinajstić information content (AvgIpc) is 2.95. The van der Waals surface area contributed by atoms with Crippen LogP contribution in [0.2, 0.25) is 0 Å². The number of benzene rings is 1. The molecule has 0 fully saturated rings. The predicted octanol–water partition coefficient (Wildman–Crippen LogP) is 5.83. The fraction of sp³-hybridized carbons (Fsp3) is 0.364. The number of pyridine rings is 1. The number of hydrogen-bond acceptors (Lipinski definition) is 7. The van der Waals surface area contributed by atoms with Crippen LogP contribution in [-0.4, -0.2) is 72.6 Å². The smallest absolute Gasteiger partial charge is 0.272 e. The van der Waals surface area contributed by atoms with Gasteiger partial charge >= 0.3 is 0 Å². The number of carbonyl (C=O) groups is 2. The highest BCUT2D eigenvalue weighted by molar-refractivity contribution is 14.1. The van der Waals surface area contributed by atoms with Crippen LogP contribution in [0.3, 0.4) is 0 Å². The Morgan fingerprint density at radius 2 is 1.93 bits per heavy atom. The molecule has 1 aromatic carbocycles. The summed E-state index contributed by atoms with van der Waals surface area (Å²) in [5.41, 5.74) is 3.59. The Labute approximate surface area is 268 Å². The molecule has 2 N–H and O–H groups in total. The van der Waals surface area contributed by atoms with Gasteiger partial charge in [0.25, 0.3) is 11.8 Å². The van der Waals surface area contributed by atoms with E-state index in [1.807, 2.05) is 65.4 Å². The zero-order valence-corrected chi connectivity index (χ0v) is 28.0. The van der Waals surface area contributed by atoms with Crippen LogP contribution < -0.4 is 15.4 Å². The fourth-order valence-corrected chi connectivity index (χ4v) is 4.58. The van der Waals surface area contributed by atoms with Gasteiger partial charge in [0.1, 0.15) is 5.70 Å². The van der Waals surface area contributed by atoms with Crippen molar-refractivity contribution in [2.24, 2.45) is 0 Å². The molecule has 2 amide bonds. The molecule has 0 unspecified atom stereocenters. The topological polar surface area (TPSA) is 96.0 Å². The summed E-state index contributed by atoms with van der Waals surface area (Å²) in [6, 6.07) is 9.02. The van der Waals surface area contributed by atoms with E-state index in [1.165, 1.54) is 0 Å². The highest BCUT2D eigenvalue weighted by atomic mass is 127. The van der Waals surface area contributed by atoms with E-state index in [-0.39, 0.29) is 17.4 Å². The average molecular weight is 700 g/mol. The molecule has 2 heterocycles. The summed E-state index contributed by atoms with van der Waals surface area (Å²) in [5.74, 6) is 0.0256. The van der Waals surface area contributed by atoms with E-state index in [9.17, 15) is 9.59 Å². The second kappa shape index (κ2) is 15.8. The van der Waals surface area contributed by atoms with Crippen LogP contribution in [0.5, 0.6) is 5.88 Å². The van der Waals surface area contributed by atoms with Crippen molar-refractivity contribution in [2.45, 2.75) is 39.7 Å². The van der Waals surface area contributed by atoms with E-state index >= 15 is 0 Å². The minimum Gasteiger partial charge on any atom is -0.478 e. The molecule has 230 valence electrons. The van der Waals surface area contributed by atoms with Crippen molar-refractivity contribution in [1.29, 1.82) is 0 Å². The highest BCUT2D eigenvalue weighted by Gasteiger charge is 2.21. The van der Waals surface area contributed by atoms with E-state index in [0.29, 0.717) is 48.3 Å². The first-order valence-electron chi connectivity index (χ1n) is 14.2. The summed E-state index contributed by atoms with van der Waals surface area (Å²) in [6.45, 7) is 14.2. The fourth-order valence-electron chi connectivity index (χ4n) is 4.11. The quantitative estimate of drug-likeness (QED) is 0.154. The first kappa shape index (κ1) is 34.0. The first-order valence-corrected chi connectivity index (χ1v) is 15.3. The Morgan fingerprint density at radius 1 is 1.16 bits per heavy atom. The lowest BCUT2D eigenvalue weighted by Crippen LogP contribution is -2.31. The van der Waals surface area contributed by atoms with Crippen LogP contribution in [0.1, 0.15) is 50.0 Å². The van der Waals surface area contributed by atoms with Crippen molar-refractivity contribution in [3.05, 3.63) is 93.6 Å². The minimum atomic E-state index is -0.323. The summed E-state index contributed by atoms with van der Waals surface area (Å²) < 4.78 is 12.2. The van der Waals surface area contributed by atoms with Gasteiger partial charge in [-0.2, -0.15) is 0 Å². The standard InChI is InChI=1S/C33H42IN5O4/c1-8-29(32(41)37-28-21-25(10-12-27(28)34)31(40)35-15-19-43-33(3,4)5)39-17-14-24(20-23(39)2)26-11-13-30(36-22-26)42-18-9-16-38(6)7/h8,10-14,17,20-22H,2,9,15-16,18-19H2,1,3-7H3,(H,35,40)(H,37,41)/b29-8-. The number of hydrogen-bond donors (Lipinski definition) is 2. The van der Waals surface area contributed by atoms with Gasteiger partial charge in [-0.15, -0.1) is 0 Å². The predicted molar refractivity (Wildman–Crippen MR) is 181 cm³/mol. The molecule has 1 aliphatic rings. The molecule has 1 aromatic heterocycles. The van der Waals surface area contributed by atoms with E-state index in [0.717, 1.165) is 27.7 Å². The van der Waals surface area contributed by atoms with Gasteiger partial charge in [0.2, 0.25) is 5.88 Å². The maximum atomic E-state index is 13.4. The number of rotatable bonds is 13. The third-order valence-corrected chi connectivity index (χ3v) is 7.21. The van der Waals surface area contributed by atoms with E-state index in [2.05, 4.69) is 49.7 Å². The van der Waals surface area contributed by atoms with Crippen molar-refractivity contribution in [2.75, 3.05) is 45.7 Å². The molecule has 0 radical (unpaired) electrons. The Balaban J connectivity index is 1.61. The number of aromatic nitrogens is 1. The molecule has 0 aliphatic carbocycles. The van der Waals surface area contributed by atoms with Gasteiger partial charge in [-0.3, -0.25) is 9.59 Å². The van der Waals surface area contributed by atoms with Gasteiger partial charge in [-0.1, -0.05) is 12.7 Å². The first-order chi connectivity index (χ1) is 20.4. The summed E-state index contributed by atoms with van der Waals surface area (Å²) in [5, 5.41) is 5.81. The van der Waals surface area contributed by atoms with Crippen LogP contribution in [0.25, 0.3) is 5.57 Å². The van der Waals surface area contributed by atoms with Crippen LogP contribution in [0.15, 0.2) is 78.9 Å². The Morgan fingerprint density at radius 3 is 2.56 bits per heavy atom. The van der Waals surface area contributed by atoms with E-state index < -0.39 is 0 Å². The van der Waals surface area contributed by atoms with Crippen molar-refractivity contribution in [3.63, 3.8) is 0 Å². The lowest BCUT2D eigenvalue weighted by molar-refractivity contribution is -0.113. The molecule has 0 saturated carbocycles. The molecule has 0 atom stereocenters.